The molecule has 0 spiro atoms. The number of piperazine rings is 1. The summed E-state index contributed by atoms with van der Waals surface area (Å²) in [5.74, 6) is -2.36. The molecule has 0 unspecified atom stereocenters. The third-order valence-corrected chi connectivity index (χ3v) is 6.51. The van der Waals surface area contributed by atoms with Crippen LogP contribution in [0.25, 0.3) is 17.2 Å². The van der Waals surface area contributed by atoms with Gasteiger partial charge in [0.1, 0.15) is 17.3 Å². The van der Waals surface area contributed by atoms with Gasteiger partial charge in [0.05, 0.1) is 19.8 Å². The van der Waals surface area contributed by atoms with Crippen molar-refractivity contribution in [1.29, 1.82) is 0 Å². The van der Waals surface area contributed by atoms with E-state index in [9.17, 15) is 18.8 Å². The van der Waals surface area contributed by atoms with Gasteiger partial charge in [0.25, 0.3) is 0 Å². The van der Waals surface area contributed by atoms with E-state index in [1.165, 1.54) is 25.3 Å². The zero-order valence-electron chi connectivity index (χ0n) is 23.6. The summed E-state index contributed by atoms with van der Waals surface area (Å²) in [6, 6.07) is 18.3. The third-order valence-electron chi connectivity index (χ3n) is 6.51. The Balaban J connectivity index is 0.000000531. The van der Waals surface area contributed by atoms with Gasteiger partial charge < -0.3 is 29.5 Å². The number of carboxylic acids is 2. The second-order valence-electron chi connectivity index (χ2n) is 9.32. The Morgan fingerprint density at radius 3 is 2.10 bits per heavy atom. The number of ether oxygens (including phenoxy) is 2. The summed E-state index contributed by atoms with van der Waals surface area (Å²) >= 11 is 0. The molecule has 1 fully saturated rings. The van der Waals surface area contributed by atoms with Gasteiger partial charge in [-0.15, -0.1) is 0 Å². The number of carboxylic acid groups (broad SMARTS) is 2. The summed E-state index contributed by atoms with van der Waals surface area (Å²) in [4.78, 5) is 36.5. The average molecular weight is 577 g/mol. The lowest BCUT2D eigenvalue weighted by Gasteiger charge is -2.35. The molecule has 42 heavy (non-hydrogen) atoms. The Labute approximate surface area is 243 Å². The van der Waals surface area contributed by atoms with Gasteiger partial charge in [0.15, 0.2) is 5.78 Å². The topological polar surface area (TPSA) is 117 Å². The number of nitrogens with zero attached hydrogens (tertiary/aromatic N) is 2. The number of likely N-dealkylation sites (N-methyl/N-ethyl adjacent to an activating group) is 1. The highest BCUT2D eigenvalue weighted by atomic mass is 19.1. The predicted octanol–water partition coefficient (Wildman–Crippen LogP) is 4.87. The second-order valence-corrected chi connectivity index (χ2v) is 9.32. The van der Waals surface area contributed by atoms with E-state index in [0.29, 0.717) is 17.9 Å². The fraction of sp³-hybridized carbons (Fsp3) is 0.219. The van der Waals surface area contributed by atoms with Crippen LogP contribution in [0.1, 0.15) is 15.9 Å². The van der Waals surface area contributed by atoms with E-state index in [0.717, 1.165) is 54.3 Å². The molecule has 0 saturated carbocycles. The van der Waals surface area contributed by atoms with Gasteiger partial charge in [-0.25, -0.2) is 14.0 Å². The standard InChI is InChI=1S/C28H29FN2O3.C4H4O4/c1-30-14-16-31(17-15-30)26-12-8-20(23-6-4-5-7-28(23)34-3)18-21(26)9-13-27(32)24-11-10-22(33-2)19-25(24)29;5-3(6)1-2-4(7)8/h4-13,18-19H,14-17H2,1-3H3;1-2H,(H,5,6)(H,7,8)/b13-9+;2-1+. The van der Waals surface area contributed by atoms with Crippen molar-refractivity contribution in [2.75, 3.05) is 52.3 Å². The number of carbonyl (C=O) groups excluding carboxylic acids is 1. The van der Waals surface area contributed by atoms with Crippen molar-refractivity contribution in [2.45, 2.75) is 0 Å². The normalized spacial score (nSPS) is 13.5. The minimum Gasteiger partial charge on any atom is -0.497 e. The zero-order valence-corrected chi connectivity index (χ0v) is 23.6. The number of halogens is 1. The fourth-order valence-electron chi connectivity index (χ4n) is 4.29. The van der Waals surface area contributed by atoms with E-state index in [2.05, 4.69) is 35.0 Å². The van der Waals surface area contributed by atoms with Gasteiger partial charge in [0, 0.05) is 55.6 Å². The summed E-state index contributed by atoms with van der Waals surface area (Å²) in [6.07, 6.45) is 4.33. The van der Waals surface area contributed by atoms with Crippen LogP contribution in [-0.4, -0.2) is 80.3 Å². The zero-order chi connectivity index (χ0) is 30.6. The summed E-state index contributed by atoms with van der Waals surface area (Å²) in [5.41, 5.74) is 3.91. The molecular formula is C32H33FN2O7. The van der Waals surface area contributed by atoms with Crippen molar-refractivity contribution in [3.8, 4) is 22.6 Å². The molecule has 3 aromatic rings. The Morgan fingerprint density at radius 2 is 1.50 bits per heavy atom. The number of para-hydroxylation sites is 1. The highest BCUT2D eigenvalue weighted by Crippen LogP contribution is 2.34. The van der Waals surface area contributed by atoms with Crippen LogP contribution in [0.15, 0.2) is 78.9 Å². The van der Waals surface area contributed by atoms with Gasteiger partial charge >= 0.3 is 11.9 Å². The van der Waals surface area contributed by atoms with Gasteiger partial charge in [-0.05, 0) is 60.7 Å². The van der Waals surface area contributed by atoms with E-state index >= 15 is 0 Å². The highest BCUT2D eigenvalue weighted by Gasteiger charge is 2.18. The van der Waals surface area contributed by atoms with Crippen LogP contribution in [-0.2, 0) is 9.59 Å². The number of ketones is 1. The second kappa shape index (κ2) is 15.2. The molecule has 3 aromatic carbocycles. The maximum absolute atomic E-state index is 14.4. The molecule has 4 rings (SSSR count). The number of hydrogen-bond acceptors (Lipinski definition) is 7. The summed E-state index contributed by atoms with van der Waals surface area (Å²) in [5, 5.41) is 15.6. The molecule has 0 aromatic heterocycles. The van der Waals surface area contributed by atoms with Crippen molar-refractivity contribution in [3.63, 3.8) is 0 Å². The quantitative estimate of drug-likeness (QED) is 0.272. The molecule has 1 heterocycles. The third kappa shape index (κ3) is 8.77. The lowest BCUT2D eigenvalue weighted by Crippen LogP contribution is -2.44. The van der Waals surface area contributed by atoms with E-state index < -0.39 is 23.5 Å². The molecule has 1 aliphatic heterocycles. The monoisotopic (exact) mass is 576 g/mol. The van der Waals surface area contributed by atoms with E-state index in [4.69, 9.17) is 19.7 Å². The van der Waals surface area contributed by atoms with Crippen molar-refractivity contribution >= 4 is 29.5 Å². The number of carbonyl (C=O) groups is 3. The van der Waals surface area contributed by atoms with Gasteiger partial charge in [-0.3, -0.25) is 4.79 Å². The Kier molecular flexibility index (Phi) is 11.4. The molecule has 0 radical (unpaired) electrons. The molecule has 0 aliphatic carbocycles. The van der Waals surface area contributed by atoms with Gasteiger partial charge in [-0.1, -0.05) is 24.3 Å². The van der Waals surface area contributed by atoms with Crippen molar-refractivity contribution in [3.05, 3.63) is 95.8 Å². The van der Waals surface area contributed by atoms with Crippen LogP contribution in [0.4, 0.5) is 10.1 Å². The van der Waals surface area contributed by atoms with Crippen molar-refractivity contribution in [1.82, 2.24) is 4.90 Å². The van der Waals surface area contributed by atoms with Gasteiger partial charge in [0.2, 0.25) is 0 Å². The molecule has 1 saturated heterocycles. The Morgan fingerprint density at radius 1 is 0.833 bits per heavy atom. The molecule has 0 amide bonds. The number of aliphatic carboxylic acids is 2. The number of benzene rings is 3. The number of rotatable bonds is 9. The van der Waals surface area contributed by atoms with Crippen LogP contribution < -0.4 is 14.4 Å². The molecular weight excluding hydrogens is 543 g/mol. The molecule has 0 bridgehead atoms. The molecule has 220 valence electrons. The van der Waals surface area contributed by atoms with Crippen LogP contribution in [0, 0.1) is 5.82 Å². The van der Waals surface area contributed by atoms with Crippen LogP contribution in [0.3, 0.4) is 0 Å². The molecule has 10 heteroatoms. The lowest BCUT2D eigenvalue weighted by atomic mass is 9.99. The first-order valence-electron chi connectivity index (χ1n) is 13.0. The van der Waals surface area contributed by atoms with E-state index in [1.807, 2.05) is 24.3 Å². The fourth-order valence-corrected chi connectivity index (χ4v) is 4.29. The van der Waals surface area contributed by atoms with Crippen LogP contribution >= 0.6 is 0 Å². The smallest absolute Gasteiger partial charge is 0.328 e. The van der Waals surface area contributed by atoms with E-state index in [-0.39, 0.29) is 5.56 Å². The first-order chi connectivity index (χ1) is 20.1. The molecule has 2 N–H and O–H groups in total. The number of hydrogen-bond donors (Lipinski definition) is 2. The lowest BCUT2D eigenvalue weighted by molar-refractivity contribution is -0.134. The van der Waals surface area contributed by atoms with Crippen molar-refractivity contribution in [2.24, 2.45) is 0 Å². The number of allylic oxidation sites excluding steroid dienone is 1. The Bertz CT molecular complexity index is 1460. The maximum atomic E-state index is 14.4. The molecule has 1 aliphatic rings. The maximum Gasteiger partial charge on any atom is 0.328 e. The first-order valence-corrected chi connectivity index (χ1v) is 13.0. The van der Waals surface area contributed by atoms with Crippen LogP contribution in [0.5, 0.6) is 11.5 Å². The van der Waals surface area contributed by atoms with Gasteiger partial charge in [-0.2, -0.15) is 0 Å². The first kappa shape index (κ1) is 31.6. The predicted molar refractivity (Wildman–Crippen MR) is 159 cm³/mol. The summed E-state index contributed by atoms with van der Waals surface area (Å²) in [6.45, 7) is 3.72. The highest BCUT2D eigenvalue weighted by molar-refractivity contribution is 6.07. The minimum atomic E-state index is -1.26. The number of methoxy groups -OCH3 is 2. The molecule has 9 nitrogen and oxygen atoms in total. The summed E-state index contributed by atoms with van der Waals surface area (Å²) in [7, 11) is 5.23. The number of anilines is 1. The largest absolute Gasteiger partial charge is 0.497 e. The average Bonchev–Trinajstić information content (AvgIpc) is 2.99. The SMILES string of the molecule is COc1ccc(C(=O)/C=C/c2cc(-c3ccccc3OC)ccc2N2CCN(C)CC2)c(F)c1.O=C(O)/C=C/C(=O)O. The van der Waals surface area contributed by atoms with Crippen molar-refractivity contribution < 1.29 is 38.5 Å². The molecule has 0 atom stereocenters. The van der Waals surface area contributed by atoms with Crippen LogP contribution in [0.2, 0.25) is 0 Å². The van der Waals surface area contributed by atoms with E-state index in [1.54, 1.807) is 19.3 Å². The Hall–Kier alpha value is -4.96. The minimum absolute atomic E-state index is 0.0130. The summed E-state index contributed by atoms with van der Waals surface area (Å²) < 4.78 is 25.0.